The van der Waals surface area contributed by atoms with E-state index in [1.54, 1.807) is 17.8 Å². The molecule has 1 aromatic carbocycles. The van der Waals surface area contributed by atoms with Crippen LogP contribution in [0.4, 0.5) is 5.69 Å². The molecule has 0 aliphatic rings. The van der Waals surface area contributed by atoms with Gasteiger partial charge in [0.05, 0.1) is 11.7 Å². The van der Waals surface area contributed by atoms with E-state index < -0.39 is 0 Å². The van der Waals surface area contributed by atoms with Crippen LogP contribution in [0.15, 0.2) is 35.3 Å². The Kier molecular flexibility index (Phi) is 4.87. The highest BCUT2D eigenvalue weighted by Gasteiger charge is 2.21. The largest absolute Gasteiger partial charge is 0.326 e. The summed E-state index contributed by atoms with van der Waals surface area (Å²) in [5, 5.41) is 7.64. The molecule has 142 valence electrons. The van der Waals surface area contributed by atoms with Gasteiger partial charge in [-0.3, -0.25) is 14.2 Å². The number of anilines is 1. The molecule has 0 radical (unpaired) electrons. The van der Waals surface area contributed by atoms with Gasteiger partial charge in [-0.05, 0) is 46.8 Å². The maximum Gasteiger partial charge on any atom is 0.264 e. The number of hydrogen-bond acceptors (Lipinski definition) is 4. The number of aryl methyl sites for hydroxylation is 2. The monoisotopic (exact) mass is 367 g/mol. The Morgan fingerprint density at radius 2 is 1.81 bits per heavy atom. The number of amides is 1. The van der Waals surface area contributed by atoms with Crippen LogP contribution >= 0.6 is 0 Å². The average Bonchev–Trinajstić information content (AvgIpc) is 3.01. The first kappa shape index (κ1) is 18.8. The highest BCUT2D eigenvalue weighted by atomic mass is 16.2. The number of rotatable bonds is 4. The first-order chi connectivity index (χ1) is 12.7. The lowest BCUT2D eigenvalue weighted by atomic mass is 10.1. The molecule has 0 aliphatic carbocycles. The van der Waals surface area contributed by atoms with Crippen molar-refractivity contribution in [2.24, 2.45) is 0 Å². The fourth-order valence-electron chi connectivity index (χ4n) is 2.93. The van der Waals surface area contributed by atoms with E-state index in [9.17, 15) is 9.59 Å². The third-order valence-corrected chi connectivity index (χ3v) is 4.41. The first-order valence-corrected chi connectivity index (χ1v) is 8.99. The predicted octanol–water partition coefficient (Wildman–Crippen LogP) is 2.99. The number of nitrogens with zero attached hydrogens (tertiary/aromatic N) is 4. The van der Waals surface area contributed by atoms with Crippen molar-refractivity contribution in [2.45, 2.75) is 53.1 Å². The van der Waals surface area contributed by atoms with E-state index in [1.165, 1.54) is 4.57 Å². The summed E-state index contributed by atoms with van der Waals surface area (Å²) >= 11 is 0. The Morgan fingerprint density at radius 3 is 2.44 bits per heavy atom. The van der Waals surface area contributed by atoms with Crippen molar-refractivity contribution in [2.75, 3.05) is 5.32 Å². The minimum Gasteiger partial charge on any atom is -0.326 e. The average molecular weight is 367 g/mol. The molecule has 27 heavy (non-hydrogen) atoms. The van der Waals surface area contributed by atoms with Crippen molar-refractivity contribution in [3.05, 3.63) is 52.2 Å². The molecule has 0 aliphatic heterocycles. The van der Waals surface area contributed by atoms with Crippen LogP contribution in [0.1, 0.15) is 38.6 Å². The van der Waals surface area contributed by atoms with Gasteiger partial charge in [-0.25, -0.2) is 9.67 Å². The van der Waals surface area contributed by atoms with E-state index in [1.807, 2.05) is 52.0 Å². The lowest BCUT2D eigenvalue weighted by Crippen LogP contribution is -2.28. The highest BCUT2D eigenvalue weighted by molar-refractivity contribution is 5.90. The summed E-state index contributed by atoms with van der Waals surface area (Å²) in [5.74, 6) is 0.428. The quantitative estimate of drug-likeness (QED) is 0.768. The molecule has 0 saturated carbocycles. The number of nitrogens with one attached hydrogen (secondary N) is 1. The second kappa shape index (κ2) is 6.98. The van der Waals surface area contributed by atoms with Gasteiger partial charge in [0.1, 0.15) is 11.2 Å². The van der Waals surface area contributed by atoms with E-state index in [4.69, 9.17) is 0 Å². The maximum absolute atomic E-state index is 12.8. The zero-order chi connectivity index (χ0) is 19.8. The van der Waals surface area contributed by atoms with Gasteiger partial charge in [0.15, 0.2) is 5.65 Å². The van der Waals surface area contributed by atoms with E-state index in [0.29, 0.717) is 16.9 Å². The van der Waals surface area contributed by atoms with Crippen molar-refractivity contribution >= 4 is 22.6 Å². The van der Waals surface area contributed by atoms with Crippen LogP contribution in [-0.2, 0) is 16.9 Å². The number of aromatic nitrogens is 4. The molecular formula is C20H25N5O2. The maximum atomic E-state index is 12.8. The molecule has 1 amide bonds. The molecule has 3 aromatic rings. The Labute approximate surface area is 158 Å². The van der Waals surface area contributed by atoms with Gasteiger partial charge >= 0.3 is 0 Å². The summed E-state index contributed by atoms with van der Waals surface area (Å²) in [5.41, 5.74) is 2.01. The summed E-state index contributed by atoms with van der Waals surface area (Å²) in [6.45, 7) is 10.1. The normalized spacial score (nSPS) is 11.7. The number of carbonyl (C=O) groups is 1. The molecule has 0 bridgehead atoms. The summed E-state index contributed by atoms with van der Waals surface area (Å²) in [4.78, 5) is 29.6. The number of benzene rings is 1. The molecule has 0 atom stereocenters. The molecular weight excluding hydrogens is 342 g/mol. The molecule has 7 nitrogen and oxygen atoms in total. The van der Waals surface area contributed by atoms with Crippen LogP contribution in [0, 0.1) is 13.8 Å². The van der Waals surface area contributed by atoms with Crippen molar-refractivity contribution in [1.29, 1.82) is 0 Å². The molecule has 2 aromatic heterocycles. The molecule has 7 heteroatoms. The Bertz CT molecular complexity index is 1040. The third-order valence-electron chi connectivity index (χ3n) is 4.41. The third kappa shape index (κ3) is 3.92. The van der Waals surface area contributed by atoms with E-state index in [2.05, 4.69) is 15.4 Å². The minimum atomic E-state index is -0.270. The van der Waals surface area contributed by atoms with Gasteiger partial charge in [0, 0.05) is 18.7 Å². The first-order valence-electron chi connectivity index (χ1n) is 8.99. The van der Waals surface area contributed by atoms with Crippen LogP contribution in [-0.4, -0.2) is 25.2 Å². The summed E-state index contributed by atoms with van der Waals surface area (Å²) in [6.07, 6.45) is 1.74. The van der Waals surface area contributed by atoms with E-state index in [0.717, 1.165) is 11.3 Å². The number of hydrogen-bond donors (Lipinski definition) is 1. The van der Waals surface area contributed by atoms with Crippen LogP contribution < -0.4 is 10.9 Å². The van der Waals surface area contributed by atoms with Crippen molar-refractivity contribution < 1.29 is 4.79 Å². The van der Waals surface area contributed by atoms with Crippen LogP contribution in [0.5, 0.6) is 0 Å². The Morgan fingerprint density at radius 1 is 1.15 bits per heavy atom. The fraction of sp³-hybridized carbons (Fsp3) is 0.400. The van der Waals surface area contributed by atoms with Crippen LogP contribution in [0.25, 0.3) is 11.0 Å². The van der Waals surface area contributed by atoms with Gasteiger partial charge in [-0.2, -0.15) is 5.10 Å². The fourth-order valence-corrected chi connectivity index (χ4v) is 2.93. The predicted molar refractivity (Wildman–Crippen MR) is 106 cm³/mol. The standard InChI is InChI=1S/C20H25N5O2/c1-13-6-8-15(9-7-13)23-17(26)10-11-24-14(2)22-18-16(19(24)27)12-21-25(18)20(3,4)5/h6-9,12H,10-11H2,1-5H3,(H,23,26). The van der Waals surface area contributed by atoms with Crippen molar-refractivity contribution in [1.82, 2.24) is 19.3 Å². The smallest absolute Gasteiger partial charge is 0.264 e. The topological polar surface area (TPSA) is 81.8 Å². The summed E-state index contributed by atoms with van der Waals surface area (Å²) in [7, 11) is 0. The molecule has 0 saturated heterocycles. The van der Waals surface area contributed by atoms with Gasteiger partial charge in [0.2, 0.25) is 5.91 Å². The van der Waals surface area contributed by atoms with Gasteiger partial charge < -0.3 is 5.32 Å². The highest BCUT2D eigenvalue weighted by Crippen LogP contribution is 2.18. The lowest BCUT2D eigenvalue weighted by Gasteiger charge is -2.20. The van der Waals surface area contributed by atoms with Gasteiger partial charge in [0.25, 0.3) is 5.56 Å². The van der Waals surface area contributed by atoms with Gasteiger partial charge in [-0.1, -0.05) is 17.7 Å². The van der Waals surface area contributed by atoms with Crippen LogP contribution in [0.3, 0.4) is 0 Å². The molecule has 2 heterocycles. The van der Waals surface area contributed by atoms with E-state index >= 15 is 0 Å². The summed E-state index contributed by atoms with van der Waals surface area (Å²) < 4.78 is 3.29. The minimum absolute atomic E-state index is 0.143. The Hall–Kier alpha value is -2.96. The molecule has 0 fully saturated rings. The zero-order valence-corrected chi connectivity index (χ0v) is 16.4. The molecule has 1 N–H and O–H groups in total. The van der Waals surface area contributed by atoms with Gasteiger partial charge in [-0.15, -0.1) is 0 Å². The Balaban J connectivity index is 1.80. The zero-order valence-electron chi connectivity index (χ0n) is 16.4. The van der Waals surface area contributed by atoms with Crippen molar-refractivity contribution in [3.63, 3.8) is 0 Å². The molecule has 0 unspecified atom stereocenters. The summed E-state index contributed by atoms with van der Waals surface area (Å²) in [6, 6.07) is 7.60. The lowest BCUT2D eigenvalue weighted by molar-refractivity contribution is -0.116. The second-order valence-corrected chi connectivity index (χ2v) is 7.74. The molecule has 0 spiro atoms. The molecule has 3 rings (SSSR count). The second-order valence-electron chi connectivity index (χ2n) is 7.74. The number of carbonyl (C=O) groups excluding carboxylic acids is 1. The SMILES string of the molecule is Cc1ccc(NC(=O)CCn2c(C)nc3c(cnn3C(C)(C)C)c2=O)cc1. The van der Waals surface area contributed by atoms with Crippen LogP contribution in [0.2, 0.25) is 0 Å². The van der Waals surface area contributed by atoms with E-state index in [-0.39, 0.29) is 30.0 Å². The number of fused-ring (bicyclic) bond motifs is 1. The van der Waals surface area contributed by atoms with Crippen molar-refractivity contribution in [3.8, 4) is 0 Å².